The van der Waals surface area contributed by atoms with Crippen molar-refractivity contribution < 1.29 is 4.42 Å². The first-order valence-electron chi connectivity index (χ1n) is 20.1. The second-order valence-corrected chi connectivity index (χ2v) is 16.3. The first-order valence-corrected chi connectivity index (χ1v) is 20.9. The lowest BCUT2D eigenvalue weighted by Crippen LogP contribution is -2.10. The maximum atomic E-state index is 6.15. The predicted octanol–water partition coefficient (Wildman–Crippen LogP) is 16.7. The van der Waals surface area contributed by atoms with Crippen molar-refractivity contribution >= 4 is 92.1 Å². The van der Waals surface area contributed by atoms with Gasteiger partial charge in [0, 0.05) is 37.6 Å². The molecule has 59 heavy (non-hydrogen) atoms. The molecule has 2 nitrogen and oxygen atoms in total. The van der Waals surface area contributed by atoms with Crippen molar-refractivity contribution in [1.82, 2.24) is 0 Å². The van der Waals surface area contributed by atoms with Crippen LogP contribution in [0.2, 0.25) is 0 Å². The molecule has 0 aliphatic heterocycles. The molecule has 12 rings (SSSR count). The third-order valence-corrected chi connectivity index (χ3v) is 13.1. The number of hydrogen-bond donors (Lipinski definition) is 0. The van der Waals surface area contributed by atoms with E-state index < -0.39 is 0 Å². The predicted molar refractivity (Wildman–Crippen MR) is 253 cm³/mol. The van der Waals surface area contributed by atoms with Crippen LogP contribution in [-0.2, 0) is 0 Å². The van der Waals surface area contributed by atoms with Crippen molar-refractivity contribution in [2.75, 3.05) is 4.90 Å². The Morgan fingerprint density at radius 1 is 0.322 bits per heavy atom. The summed E-state index contributed by atoms with van der Waals surface area (Å²) < 4.78 is 8.71. The molecule has 0 radical (unpaired) electrons. The normalized spacial score (nSPS) is 11.7. The Morgan fingerprint density at radius 3 is 1.69 bits per heavy atom. The number of para-hydroxylation sites is 1. The SMILES string of the molecule is c1ccc(-c2cccc3c2sc2c(N(c4ccc(-c5ccc6c(ccc7ccccc76)c5)cc4)c4ccc(-c5ccc6oc7ccccc7c6c5)cc4)cccc23)cc1. The quantitative estimate of drug-likeness (QED) is 0.157. The first kappa shape index (κ1) is 33.7. The summed E-state index contributed by atoms with van der Waals surface area (Å²) in [5.41, 5.74) is 12.4. The van der Waals surface area contributed by atoms with E-state index in [0.717, 1.165) is 50.1 Å². The van der Waals surface area contributed by atoms with Crippen LogP contribution < -0.4 is 4.90 Å². The lowest BCUT2D eigenvalue weighted by molar-refractivity contribution is 0.669. The van der Waals surface area contributed by atoms with Gasteiger partial charge in [-0.15, -0.1) is 11.3 Å². The van der Waals surface area contributed by atoms with E-state index in [1.807, 2.05) is 23.5 Å². The minimum atomic E-state index is 0.908. The summed E-state index contributed by atoms with van der Waals surface area (Å²) in [7, 11) is 0. The molecule has 0 unspecified atom stereocenters. The Kier molecular flexibility index (Phi) is 7.75. The van der Waals surface area contributed by atoms with Crippen LogP contribution >= 0.6 is 11.3 Å². The lowest BCUT2D eigenvalue weighted by Gasteiger charge is -2.26. The summed E-state index contributed by atoms with van der Waals surface area (Å²) in [4.78, 5) is 2.42. The van der Waals surface area contributed by atoms with E-state index in [0.29, 0.717) is 0 Å². The lowest BCUT2D eigenvalue weighted by atomic mass is 9.97. The van der Waals surface area contributed by atoms with Crippen molar-refractivity contribution in [3.63, 3.8) is 0 Å². The molecule has 2 aromatic heterocycles. The monoisotopic (exact) mass is 769 g/mol. The molecule has 0 saturated heterocycles. The zero-order chi connectivity index (χ0) is 38.9. The Labute approximate surface area is 345 Å². The van der Waals surface area contributed by atoms with Gasteiger partial charge in [-0.25, -0.2) is 0 Å². The van der Waals surface area contributed by atoms with Gasteiger partial charge in [0.1, 0.15) is 11.2 Å². The molecule has 0 spiro atoms. The number of thiophene rings is 1. The topological polar surface area (TPSA) is 16.4 Å². The highest BCUT2D eigenvalue weighted by molar-refractivity contribution is 7.27. The van der Waals surface area contributed by atoms with Gasteiger partial charge < -0.3 is 9.32 Å². The minimum absolute atomic E-state index is 0.908. The highest BCUT2D eigenvalue weighted by atomic mass is 32.1. The summed E-state index contributed by atoms with van der Waals surface area (Å²) in [6.07, 6.45) is 0. The van der Waals surface area contributed by atoms with E-state index in [2.05, 4.69) is 205 Å². The fourth-order valence-corrected chi connectivity index (χ4v) is 10.3. The maximum absolute atomic E-state index is 6.15. The fraction of sp³-hybridized carbons (Fsp3) is 0. The van der Waals surface area contributed by atoms with Crippen molar-refractivity contribution in [3.8, 4) is 33.4 Å². The van der Waals surface area contributed by atoms with Crippen molar-refractivity contribution in [1.29, 1.82) is 0 Å². The van der Waals surface area contributed by atoms with Crippen LogP contribution in [0, 0.1) is 0 Å². The van der Waals surface area contributed by atoms with Gasteiger partial charge in [0.2, 0.25) is 0 Å². The molecule has 12 aromatic rings. The van der Waals surface area contributed by atoms with Gasteiger partial charge >= 0.3 is 0 Å². The zero-order valence-electron chi connectivity index (χ0n) is 32.0. The van der Waals surface area contributed by atoms with Gasteiger partial charge in [-0.3, -0.25) is 0 Å². The molecule has 10 aromatic carbocycles. The molecule has 0 aliphatic carbocycles. The summed E-state index contributed by atoms with van der Waals surface area (Å²) in [6.45, 7) is 0. The Hall–Kier alpha value is -7.46. The van der Waals surface area contributed by atoms with Crippen molar-refractivity contribution in [2.45, 2.75) is 0 Å². The van der Waals surface area contributed by atoms with E-state index >= 15 is 0 Å². The van der Waals surface area contributed by atoms with Gasteiger partial charge in [0.15, 0.2) is 0 Å². The largest absolute Gasteiger partial charge is 0.456 e. The van der Waals surface area contributed by atoms with Crippen LogP contribution in [0.1, 0.15) is 0 Å². The average molecular weight is 770 g/mol. The molecule has 0 aliphatic rings. The standard InChI is InChI=1S/C56H35NOS/c1-2-10-38(11-3-1)47-15-8-16-49-50-17-9-18-52(56(50)59-55(47)49)57(44-30-24-37(25-31-44)41-27-33-54-51(35-41)48-14-6-7-19-53(48)58-54)43-28-22-36(23-29-43)40-26-32-46-42(34-40)21-20-39-12-4-5-13-45(39)46/h1-35H. The van der Waals surface area contributed by atoms with E-state index in [-0.39, 0.29) is 0 Å². The molecule has 2 heterocycles. The van der Waals surface area contributed by atoms with E-state index in [4.69, 9.17) is 4.42 Å². The number of furan rings is 1. The Bertz CT molecular complexity index is 3540. The van der Waals surface area contributed by atoms with Crippen LogP contribution in [0.5, 0.6) is 0 Å². The summed E-state index contributed by atoms with van der Waals surface area (Å²) >= 11 is 1.88. The second-order valence-electron chi connectivity index (χ2n) is 15.3. The number of benzene rings is 10. The molecule has 276 valence electrons. The molecule has 0 bridgehead atoms. The molecule has 0 saturated carbocycles. The third-order valence-electron chi connectivity index (χ3n) is 11.9. The fourth-order valence-electron chi connectivity index (χ4n) is 8.96. The first-order chi connectivity index (χ1) is 29.2. The summed E-state index contributed by atoms with van der Waals surface area (Å²) in [5.74, 6) is 0. The Balaban J connectivity index is 0.988. The third kappa shape index (κ3) is 5.62. The molecular formula is C56H35NOS. The van der Waals surface area contributed by atoms with Gasteiger partial charge in [0.25, 0.3) is 0 Å². The van der Waals surface area contributed by atoms with Gasteiger partial charge in [-0.05, 0) is 110 Å². The number of rotatable bonds is 6. The smallest absolute Gasteiger partial charge is 0.135 e. The molecular weight excluding hydrogens is 735 g/mol. The van der Waals surface area contributed by atoms with Gasteiger partial charge in [-0.2, -0.15) is 0 Å². The maximum Gasteiger partial charge on any atom is 0.135 e. The molecule has 0 fully saturated rings. The van der Waals surface area contributed by atoms with Crippen LogP contribution in [0.3, 0.4) is 0 Å². The highest BCUT2D eigenvalue weighted by Gasteiger charge is 2.20. The zero-order valence-corrected chi connectivity index (χ0v) is 32.8. The van der Waals surface area contributed by atoms with Crippen LogP contribution in [0.25, 0.3) is 97.0 Å². The summed E-state index contributed by atoms with van der Waals surface area (Å²) in [5, 5.41) is 9.90. The highest BCUT2D eigenvalue weighted by Crippen LogP contribution is 2.47. The van der Waals surface area contributed by atoms with Gasteiger partial charge in [0.05, 0.1) is 10.4 Å². The van der Waals surface area contributed by atoms with Crippen molar-refractivity contribution in [2.24, 2.45) is 0 Å². The number of hydrogen-bond acceptors (Lipinski definition) is 3. The van der Waals surface area contributed by atoms with Gasteiger partial charge in [-0.1, -0.05) is 158 Å². The van der Waals surface area contributed by atoms with E-state index in [1.165, 1.54) is 64.0 Å². The minimum Gasteiger partial charge on any atom is -0.456 e. The second kappa shape index (κ2) is 13.6. The molecule has 0 atom stereocenters. The van der Waals surface area contributed by atoms with Crippen LogP contribution in [-0.4, -0.2) is 0 Å². The van der Waals surface area contributed by atoms with Crippen molar-refractivity contribution in [3.05, 3.63) is 212 Å². The number of nitrogens with zero attached hydrogens (tertiary/aromatic N) is 1. The van der Waals surface area contributed by atoms with Crippen LogP contribution in [0.4, 0.5) is 17.1 Å². The number of fused-ring (bicyclic) bond motifs is 9. The molecule has 0 N–H and O–H groups in total. The van der Waals surface area contributed by atoms with E-state index in [1.54, 1.807) is 0 Å². The molecule has 3 heteroatoms. The number of anilines is 3. The average Bonchev–Trinajstić information content (AvgIpc) is 3.88. The molecule has 0 amide bonds. The van der Waals surface area contributed by atoms with E-state index in [9.17, 15) is 0 Å². The Morgan fingerprint density at radius 2 is 0.898 bits per heavy atom. The van der Waals surface area contributed by atoms with Crippen LogP contribution in [0.15, 0.2) is 217 Å². The summed E-state index contributed by atoms with van der Waals surface area (Å²) in [6, 6.07) is 77.0.